The molecule has 1 aliphatic rings. The third-order valence-electron chi connectivity index (χ3n) is 2.12. The minimum atomic E-state index is 0.526. The third kappa shape index (κ3) is 1.20. The van der Waals surface area contributed by atoms with Gasteiger partial charge in [0, 0.05) is 6.42 Å². The molecule has 2 heterocycles. The van der Waals surface area contributed by atoms with E-state index in [9.17, 15) is 0 Å². The van der Waals surface area contributed by atoms with Crippen molar-refractivity contribution in [1.29, 1.82) is 0 Å². The van der Waals surface area contributed by atoms with Gasteiger partial charge in [0.2, 0.25) is 4.73 Å². The zero-order chi connectivity index (χ0) is 7.84. The van der Waals surface area contributed by atoms with Gasteiger partial charge in [0.15, 0.2) is 0 Å². The third-order valence-corrected chi connectivity index (χ3v) is 2.45. The van der Waals surface area contributed by atoms with Gasteiger partial charge >= 0.3 is 0 Å². The predicted octanol–water partition coefficient (Wildman–Crippen LogP) is 1.94. The summed E-state index contributed by atoms with van der Waals surface area (Å²) in [6.07, 6.45) is 3.54. The van der Waals surface area contributed by atoms with Crippen LogP contribution in [0.25, 0.3) is 0 Å². The van der Waals surface area contributed by atoms with Crippen molar-refractivity contribution in [2.24, 2.45) is 0 Å². The van der Waals surface area contributed by atoms with Crippen molar-refractivity contribution in [2.45, 2.75) is 32.2 Å². The Bertz CT molecular complexity index is 269. The average Bonchev–Trinajstić information content (AvgIpc) is 2.31. The van der Waals surface area contributed by atoms with E-state index in [2.05, 4.69) is 32.9 Å². The lowest BCUT2D eigenvalue weighted by Gasteiger charge is -2.18. The van der Waals surface area contributed by atoms with Gasteiger partial charge in [-0.3, -0.25) is 0 Å². The van der Waals surface area contributed by atoms with Crippen LogP contribution in [0.15, 0.2) is 4.73 Å². The molecule has 1 atom stereocenters. The van der Waals surface area contributed by atoms with E-state index in [0.717, 1.165) is 17.0 Å². The van der Waals surface area contributed by atoms with E-state index >= 15 is 0 Å². The van der Waals surface area contributed by atoms with Crippen molar-refractivity contribution in [1.82, 2.24) is 14.8 Å². The monoisotopic (exact) mass is 215 g/mol. The molecular formula is C7H10BrN3. The Morgan fingerprint density at radius 1 is 1.64 bits per heavy atom. The highest BCUT2D eigenvalue weighted by Gasteiger charge is 2.18. The van der Waals surface area contributed by atoms with E-state index < -0.39 is 0 Å². The molecule has 0 saturated carbocycles. The van der Waals surface area contributed by atoms with Crippen molar-refractivity contribution in [2.75, 3.05) is 0 Å². The van der Waals surface area contributed by atoms with Crippen LogP contribution in [0.5, 0.6) is 0 Å². The molecule has 0 bridgehead atoms. The van der Waals surface area contributed by atoms with Crippen molar-refractivity contribution < 1.29 is 0 Å². The fraction of sp³-hybridized carbons (Fsp3) is 0.714. The first-order chi connectivity index (χ1) is 5.27. The maximum atomic E-state index is 4.27. The number of halogens is 1. The normalized spacial score (nSPS) is 23.3. The van der Waals surface area contributed by atoms with Crippen molar-refractivity contribution in [3.05, 3.63) is 10.6 Å². The first kappa shape index (κ1) is 7.28. The Morgan fingerprint density at radius 2 is 2.45 bits per heavy atom. The maximum Gasteiger partial charge on any atom is 0.217 e. The molecule has 0 N–H and O–H groups in total. The summed E-state index contributed by atoms with van der Waals surface area (Å²) in [5.74, 6) is 1.12. The van der Waals surface area contributed by atoms with Gasteiger partial charge in [-0.1, -0.05) is 0 Å². The van der Waals surface area contributed by atoms with Gasteiger partial charge in [0.1, 0.15) is 5.82 Å². The molecule has 0 spiro atoms. The number of hydrogen-bond acceptors (Lipinski definition) is 2. The Hall–Kier alpha value is -0.380. The summed E-state index contributed by atoms with van der Waals surface area (Å²) in [6.45, 7) is 2.18. The molecule has 60 valence electrons. The number of nitrogens with zero attached hydrogens (tertiary/aromatic N) is 3. The van der Waals surface area contributed by atoms with Crippen LogP contribution in [0.2, 0.25) is 0 Å². The first-order valence-corrected chi connectivity index (χ1v) is 4.67. The van der Waals surface area contributed by atoms with E-state index in [1.807, 2.05) is 4.68 Å². The molecule has 0 fully saturated rings. The van der Waals surface area contributed by atoms with E-state index in [-0.39, 0.29) is 0 Å². The molecule has 11 heavy (non-hydrogen) atoms. The van der Waals surface area contributed by atoms with E-state index in [4.69, 9.17) is 0 Å². The number of fused-ring (bicyclic) bond motifs is 1. The van der Waals surface area contributed by atoms with E-state index in [1.54, 1.807) is 0 Å². The highest BCUT2D eigenvalue weighted by molar-refractivity contribution is 9.10. The fourth-order valence-corrected chi connectivity index (χ4v) is 1.90. The zero-order valence-corrected chi connectivity index (χ0v) is 8.00. The van der Waals surface area contributed by atoms with Gasteiger partial charge in [-0.05, 0) is 35.7 Å². The Labute approximate surface area is 73.9 Å². The van der Waals surface area contributed by atoms with Crippen LogP contribution < -0.4 is 0 Å². The topological polar surface area (TPSA) is 30.7 Å². The maximum absolute atomic E-state index is 4.27. The quantitative estimate of drug-likeness (QED) is 0.663. The minimum absolute atomic E-state index is 0.526. The molecule has 3 nitrogen and oxygen atoms in total. The van der Waals surface area contributed by atoms with Crippen LogP contribution >= 0.6 is 15.9 Å². The molecule has 1 unspecified atom stereocenters. The predicted molar refractivity (Wildman–Crippen MR) is 45.4 cm³/mol. The van der Waals surface area contributed by atoms with Crippen molar-refractivity contribution >= 4 is 15.9 Å². The van der Waals surface area contributed by atoms with Crippen LogP contribution in [-0.2, 0) is 6.42 Å². The van der Waals surface area contributed by atoms with E-state index in [1.165, 1.54) is 12.8 Å². The lowest BCUT2D eigenvalue weighted by atomic mass is 10.1. The van der Waals surface area contributed by atoms with Gasteiger partial charge in [-0.15, -0.1) is 5.10 Å². The first-order valence-electron chi connectivity index (χ1n) is 3.88. The molecule has 1 aromatic rings. The average molecular weight is 216 g/mol. The second-order valence-corrected chi connectivity index (χ2v) is 3.69. The van der Waals surface area contributed by atoms with E-state index in [0.29, 0.717) is 6.04 Å². The summed E-state index contributed by atoms with van der Waals surface area (Å²) in [6, 6.07) is 0.526. The molecule has 0 radical (unpaired) electrons. The standard InChI is InChI=1S/C7H10BrN3/c1-5-3-2-4-6-9-7(8)10-11(5)6/h5H,2-4H2,1H3. The van der Waals surface area contributed by atoms with Crippen LogP contribution in [0.4, 0.5) is 0 Å². The van der Waals surface area contributed by atoms with Crippen LogP contribution in [0.1, 0.15) is 31.6 Å². The van der Waals surface area contributed by atoms with Crippen LogP contribution in [0, 0.1) is 0 Å². The number of hydrogen-bond donors (Lipinski definition) is 0. The summed E-state index contributed by atoms with van der Waals surface area (Å²) in [5.41, 5.74) is 0. The van der Waals surface area contributed by atoms with Crippen molar-refractivity contribution in [3.8, 4) is 0 Å². The Kier molecular flexibility index (Phi) is 1.71. The molecule has 4 heteroatoms. The number of rotatable bonds is 0. The number of aryl methyl sites for hydroxylation is 1. The smallest absolute Gasteiger partial charge is 0.217 e. The summed E-state index contributed by atoms with van der Waals surface area (Å²) >= 11 is 3.28. The molecule has 1 aromatic heterocycles. The number of aromatic nitrogens is 3. The minimum Gasteiger partial charge on any atom is -0.246 e. The van der Waals surface area contributed by atoms with Crippen molar-refractivity contribution in [3.63, 3.8) is 0 Å². The SMILES string of the molecule is CC1CCCc2nc(Br)nn21. The largest absolute Gasteiger partial charge is 0.246 e. The molecular weight excluding hydrogens is 206 g/mol. The lowest BCUT2D eigenvalue weighted by Crippen LogP contribution is -2.16. The van der Waals surface area contributed by atoms with Crippen LogP contribution in [0.3, 0.4) is 0 Å². The second kappa shape index (κ2) is 2.59. The highest BCUT2D eigenvalue weighted by atomic mass is 79.9. The molecule has 0 aliphatic carbocycles. The molecule has 0 amide bonds. The van der Waals surface area contributed by atoms with Gasteiger partial charge in [-0.2, -0.15) is 0 Å². The summed E-state index contributed by atoms with van der Waals surface area (Å²) < 4.78 is 2.74. The molecule has 0 aromatic carbocycles. The molecule has 2 rings (SSSR count). The van der Waals surface area contributed by atoms with Gasteiger partial charge in [0.05, 0.1) is 6.04 Å². The zero-order valence-electron chi connectivity index (χ0n) is 6.42. The van der Waals surface area contributed by atoms with Crippen LogP contribution in [-0.4, -0.2) is 14.8 Å². The lowest BCUT2D eigenvalue weighted by molar-refractivity contribution is 0.388. The summed E-state index contributed by atoms with van der Waals surface area (Å²) in [7, 11) is 0. The summed E-state index contributed by atoms with van der Waals surface area (Å²) in [4.78, 5) is 4.27. The Balaban J connectivity index is 2.43. The molecule has 1 aliphatic heterocycles. The summed E-state index contributed by atoms with van der Waals surface area (Å²) in [5, 5.41) is 4.25. The highest BCUT2D eigenvalue weighted by Crippen LogP contribution is 2.23. The fourth-order valence-electron chi connectivity index (χ4n) is 1.53. The Morgan fingerprint density at radius 3 is 3.18 bits per heavy atom. The van der Waals surface area contributed by atoms with Gasteiger partial charge < -0.3 is 0 Å². The van der Waals surface area contributed by atoms with Gasteiger partial charge in [0.25, 0.3) is 0 Å². The second-order valence-electron chi connectivity index (χ2n) is 2.98. The van der Waals surface area contributed by atoms with Gasteiger partial charge in [-0.25, -0.2) is 9.67 Å². The molecule has 0 saturated heterocycles.